The van der Waals surface area contributed by atoms with Crippen LogP contribution in [-0.4, -0.2) is 20.7 Å². The Kier molecular flexibility index (Phi) is 6.16. The average Bonchev–Trinajstić information content (AvgIpc) is 2.88. The van der Waals surface area contributed by atoms with E-state index in [0.717, 1.165) is 11.6 Å². The molecule has 0 amide bonds. The maximum Gasteiger partial charge on any atom is 0.197 e. The molecule has 0 fully saturated rings. The third-order valence-electron chi connectivity index (χ3n) is 5.33. The van der Waals surface area contributed by atoms with Crippen molar-refractivity contribution in [3.63, 3.8) is 0 Å². The molecule has 0 unspecified atom stereocenters. The molecule has 0 aliphatic carbocycles. The summed E-state index contributed by atoms with van der Waals surface area (Å²) in [6, 6.07) is 16.7. The standard InChI is InChI=1S/C27H16ClF2N3O2/c28-26-24(35-15-16-3-1-5-19(29)11-16)9-7-20(30)25(26)27(34)17-6-8-21-22(12-17)33-23(14-32-21)18-4-2-10-31-13-18/h1-14H,15H2. The molecular formula is C27H16ClF2N3O2. The van der Waals surface area contributed by atoms with Gasteiger partial charge < -0.3 is 4.74 Å². The van der Waals surface area contributed by atoms with Crippen molar-refractivity contribution >= 4 is 28.4 Å². The van der Waals surface area contributed by atoms with Crippen molar-refractivity contribution < 1.29 is 18.3 Å². The van der Waals surface area contributed by atoms with Crippen LogP contribution in [0.15, 0.2) is 85.3 Å². The minimum absolute atomic E-state index is 0.000569. The predicted octanol–water partition coefficient (Wildman–Crippen LogP) is 6.43. The number of pyridine rings is 1. The van der Waals surface area contributed by atoms with E-state index >= 15 is 0 Å². The van der Waals surface area contributed by atoms with Crippen molar-refractivity contribution in [2.75, 3.05) is 0 Å². The van der Waals surface area contributed by atoms with Crippen molar-refractivity contribution in [2.24, 2.45) is 0 Å². The lowest BCUT2D eigenvalue weighted by atomic mass is 10.0. The number of hydrogen-bond donors (Lipinski definition) is 0. The number of fused-ring (bicyclic) bond motifs is 1. The number of carbonyl (C=O) groups is 1. The molecule has 0 spiro atoms. The fourth-order valence-electron chi connectivity index (χ4n) is 3.59. The van der Waals surface area contributed by atoms with Gasteiger partial charge in [-0.15, -0.1) is 0 Å². The van der Waals surface area contributed by atoms with Crippen LogP contribution >= 0.6 is 11.6 Å². The molecule has 0 saturated heterocycles. The Morgan fingerprint density at radius 1 is 0.943 bits per heavy atom. The second kappa shape index (κ2) is 9.56. The van der Waals surface area contributed by atoms with Crippen LogP contribution in [0.25, 0.3) is 22.3 Å². The fourth-order valence-corrected chi connectivity index (χ4v) is 3.88. The van der Waals surface area contributed by atoms with Gasteiger partial charge in [-0.3, -0.25) is 14.8 Å². The molecular weight excluding hydrogens is 472 g/mol. The van der Waals surface area contributed by atoms with Gasteiger partial charge >= 0.3 is 0 Å². The number of ketones is 1. The van der Waals surface area contributed by atoms with E-state index in [1.165, 1.54) is 18.2 Å². The molecule has 5 rings (SSSR count). The molecule has 0 aliphatic heterocycles. The molecule has 0 bridgehead atoms. The van der Waals surface area contributed by atoms with Crippen LogP contribution in [0.3, 0.4) is 0 Å². The summed E-state index contributed by atoms with van der Waals surface area (Å²) in [5.41, 5.74) is 2.84. The largest absolute Gasteiger partial charge is 0.487 e. The fraction of sp³-hybridized carbons (Fsp3) is 0.0370. The maximum atomic E-state index is 14.7. The number of aromatic nitrogens is 3. The smallest absolute Gasteiger partial charge is 0.197 e. The Morgan fingerprint density at radius 3 is 2.63 bits per heavy atom. The van der Waals surface area contributed by atoms with Crippen LogP contribution < -0.4 is 4.74 Å². The summed E-state index contributed by atoms with van der Waals surface area (Å²) in [6.07, 6.45) is 4.94. The van der Waals surface area contributed by atoms with Crippen LogP contribution in [0, 0.1) is 11.6 Å². The second-order valence-electron chi connectivity index (χ2n) is 7.68. The molecule has 172 valence electrons. The van der Waals surface area contributed by atoms with Crippen molar-refractivity contribution in [3.05, 3.63) is 119 Å². The first kappa shape index (κ1) is 22.6. The first-order chi connectivity index (χ1) is 17.0. The monoisotopic (exact) mass is 487 g/mol. The van der Waals surface area contributed by atoms with Crippen LogP contribution in [0.4, 0.5) is 8.78 Å². The zero-order valence-corrected chi connectivity index (χ0v) is 18.8. The summed E-state index contributed by atoms with van der Waals surface area (Å²) < 4.78 is 33.8. The van der Waals surface area contributed by atoms with Crippen LogP contribution in [-0.2, 0) is 6.61 Å². The van der Waals surface area contributed by atoms with Crippen molar-refractivity contribution in [1.29, 1.82) is 0 Å². The highest BCUT2D eigenvalue weighted by Crippen LogP contribution is 2.33. The topological polar surface area (TPSA) is 65.0 Å². The second-order valence-corrected chi connectivity index (χ2v) is 8.06. The molecule has 0 atom stereocenters. The number of benzene rings is 3. The summed E-state index contributed by atoms with van der Waals surface area (Å²) in [7, 11) is 0. The van der Waals surface area contributed by atoms with Crippen LogP contribution in [0.2, 0.25) is 5.02 Å². The van der Waals surface area contributed by atoms with Gasteiger partial charge in [0, 0.05) is 23.5 Å². The highest BCUT2D eigenvalue weighted by molar-refractivity contribution is 6.36. The normalized spacial score (nSPS) is 10.9. The van der Waals surface area contributed by atoms with Crippen molar-refractivity contribution in [3.8, 4) is 17.0 Å². The van der Waals surface area contributed by atoms with E-state index in [0.29, 0.717) is 22.3 Å². The van der Waals surface area contributed by atoms with Gasteiger partial charge in [0.15, 0.2) is 5.78 Å². The molecule has 2 heterocycles. The van der Waals surface area contributed by atoms with E-state index in [1.54, 1.807) is 55.0 Å². The molecule has 2 aromatic heterocycles. The molecule has 5 aromatic rings. The summed E-state index contributed by atoms with van der Waals surface area (Å²) in [5, 5.41) is -0.165. The van der Waals surface area contributed by atoms with Gasteiger partial charge in [0.1, 0.15) is 24.0 Å². The lowest BCUT2D eigenvalue weighted by Crippen LogP contribution is -2.07. The number of halogens is 3. The minimum Gasteiger partial charge on any atom is -0.487 e. The van der Waals surface area contributed by atoms with E-state index in [-0.39, 0.29) is 28.5 Å². The Labute approximate surface area is 204 Å². The lowest BCUT2D eigenvalue weighted by molar-refractivity contribution is 0.103. The summed E-state index contributed by atoms with van der Waals surface area (Å²) in [5.74, 6) is -1.70. The summed E-state index contributed by atoms with van der Waals surface area (Å²) in [4.78, 5) is 26.3. The summed E-state index contributed by atoms with van der Waals surface area (Å²) in [6.45, 7) is -0.000569. The van der Waals surface area contributed by atoms with Crippen LogP contribution in [0.5, 0.6) is 5.75 Å². The maximum absolute atomic E-state index is 14.7. The third-order valence-corrected chi connectivity index (χ3v) is 5.70. The molecule has 0 aliphatic rings. The molecule has 0 radical (unpaired) electrons. The van der Waals surface area contributed by atoms with Gasteiger partial charge in [0.25, 0.3) is 0 Å². The number of hydrogen-bond acceptors (Lipinski definition) is 5. The van der Waals surface area contributed by atoms with E-state index in [9.17, 15) is 13.6 Å². The van der Waals surface area contributed by atoms with E-state index in [4.69, 9.17) is 16.3 Å². The number of ether oxygens (including phenoxy) is 1. The van der Waals surface area contributed by atoms with Crippen LogP contribution in [0.1, 0.15) is 21.5 Å². The van der Waals surface area contributed by atoms with Gasteiger partial charge in [0.05, 0.1) is 33.5 Å². The lowest BCUT2D eigenvalue weighted by Gasteiger charge is -2.12. The number of rotatable bonds is 6. The van der Waals surface area contributed by atoms with Gasteiger partial charge in [-0.2, -0.15) is 0 Å². The molecule has 0 saturated carbocycles. The zero-order valence-electron chi connectivity index (χ0n) is 18.1. The van der Waals surface area contributed by atoms with Gasteiger partial charge in [-0.25, -0.2) is 13.8 Å². The predicted molar refractivity (Wildman–Crippen MR) is 128 cm³/mol. The highest BCUT2D eigenvalue weighted by atomic mass is 35.5. The van der Waals surface area contributed by atoms with E-state index in [1.807, 2.05) is 6.07 Å². The number of carbonyl (C=O) groups excluding carboxylic acids is 1. The number of nitrogens with zero attached hydrogens (tertiary/aromatic N) is 3. The molecule has 8 heteroatoms. The average molecular weight is 488 g/mol. The van der Waals surface area contributed by atoms with E-state index in [2.05, 4.69) is 15.0 Å². The third kappa shape index (κ3) is 4.72. The van der Waals surface area contributed by atoms with E-state index < -0.39 is 17.4 Å². The van der Waals surface area contributed by atoms with Gasteiger partial charge in [-0.1, -0.05) is 23.7 Å². The SMILES string of the molecule is O=C(c1ccc2ncc(-c3cccnc3)nc2c1)c1c(F)ccc(OCc2cccc(F)c2)c1Cl. The van der Waals surface area contributed by atoms with Gasteiger partial charge in [0.2, 0.25) is 0 Å². The Hall–Kier alpha value is -4.23. The van der Waals surface area contributed by atoms with Crippen molar-refractivity contribution in [2.45, 2.75) is 6.61 Å². The molecule has 35 heavy (non-hydrogen) atoms. The highest BCUT2D eigenvalue weighted by Gasteiger charge is 2.22. The molecule has 3 aromatic carbocycles. The molecule has 0 N–H and O–H groups in total. The first-order valence-electron chi connectivity index (χ1n) is 10.6. The quantitative estimate of drug-likeness (QED) is 0.258. The van der Waals surface area contributed by atoms with Crippen molar-refractivity contribution in [1.82, 2.24) is 15.0 Å². The Morgan fingerprint density at radius 2 is 1.83 bits per heavy atom. The first-order valence-corrected chi connectivity index (χ1v) is 10.9. The Balaban J connectivity index is 1.47. The van der Waals surface area contributed by atoms with Gasteiger partial charge in [-0.05, 0) is 60.2 Å². The molecule has 5 nitrogen and oxygen atoms in total. The minimum atomic E-state index is -0.784. The zero-order chi connectivity index (χ0) is 24.4. The summed E-state index contributed by atoms with van der Waals surface area (Å²) >= 11 is 6.39. The Bertz CT molecular complexity index is 1560.